The topological polar surface area (TPSA) is 118 Å². The van der Waals surface area contributed by atoms with Gasteiger partial charge in [-0.05, 0) is 24.3 Å². The van der Waals surface area contributed by atoms with Gasteiger partial charge in [-0.1, -0.05) is 29.8 Å². The number of halogens is 2. The van der Waals surface area contributed by atoms with Gasteiger partial charge in [-0.15, -0.1) is 0 Å². The Morgan fingerprint density at radius 1 is 1.24 bits per heavy atom. The van der Waals surface area contributed by atoms with Gasteiger partial charge in [-0.25, -0.2) is 9.37 Å². The van der Waals surface area contributed by atoms with Gasteiger partial charge < -0.3 is 20.3 Å². The summed E-state index contributed by atoms with van der Waals surface area (Å²) >= 11 is 6.04. The highest BCUT2D eigenvalue weighted by Gasteiger charge is 2.26. The van der Waals surface area contributed by atoms with E-state index >= 15 is 4.39 Å². The molecule has 6 rings (SSSR count). The van der Waals surface area contributed by atoms with Crippen LogP contribution in [0.3, 0.4) is 0 Å². The summed E-state index contributed by atoms with van der Waals surface area (Å²) < 4.78 is 22.5. The average Bonchev–Trinajstić information content (AvgIpc) is 3.28. The van der Waals surface area contributed by atoms with Crippen molar-refractivity contribution in [1.29, 1.82) is 0 Å². The molecule has 1 aliphatic heterocycles. The maximum Gasteiger partial charge on any atom is 0.270 e. The second kappa shape index (κ2) is 8.63. The fraction of sp³-hybridized carbons (Fsp3) is 0.200. The van der Waals surface area contributed by atoms with Crippen LogP contribution in [0.4, 0.5) is 21.8 Å². The smallest absolute Gasteiger partial charge is 0.270 e. The van der Waals surface area contributed by atoms with Crippen LogP contribution in [0, 0.1) is 5.82 Å². The van der Waals surface area contributed by atoms with E-state index in [-0.39, 0.29) is 33.7 Å². The molecular formula is C25H22ClFN8O2. The fourth-order valence-electron chi connectivity index (χ4n) is 4.73. The molecule has 188 valence electrons. The molecule has 0 fully saturated rings. The summed E-state index contributed by atoms with van der Waals surface area (Å²) in [5.74, 6) is 0.386. The summed E-state index contributed by atoms with van der Waals surface area (Å²) in [5, 5.41) is 7.21. The van der Waals surface area contributed by atoms with Gasteiger partial charge >= 0.3 is 0 Å². The van der Waals surface area contributed by atoms with E-state index in [9.17, 15) is 4.79 Å². The maximum atomic E-state index is 15.1. The van der Waals surface area contributed by atoms with Crippen molar-refractivity contribution in [3.05, 3.63) is 69.9 Å². The first-order valence-corrected chi connectivity index (χ1v) is 11.9. The lowest BCUT2D eigenvalue weighted by atomic mass is 10.2. The zero-order valence-corrected chi connectivity index (χ0v) is 20.7. The number of para-hydroxylation sites is 2. The van der Waals surface area contributed by atoms with Crippen LogP contribution in [-0.4, -0.2) is 58.0 Å². The van der Waals surface area contributed by atoms with Crippen LogP contribution in [0.25, 0.3) is 27.6 Å². The zero-order valence-electron chi connectivity index (χ0n) is 19.9. The summed E-state index contributed by atoms with van der Waals surface area (Å²) in [6.07, 6.45) is 1.40. The van der Waals surface area contributed by atoms with Gasteiger partial charge in [-0.2, -0.15) is 10.1 Å². The summed E-state index contributed by atoms with van der Waals surface area (Å²) in [7, 11) is 3.85. The summed E-state index contributed by atoms with van der Waals surface area (Å²) in [6.45, 7) is 1.14. The van der Waals surface area contributed by atoms with Crippen molar-refractivity contribution in [2.45, 2.75) is 6.10 Å². The molecule has 2 aromatic carbocycles. The van der Waals surface area contributed by atoms with E-state index in [4.69, 9.17) is 22.1 Å². The summed E-state index contributed by atoms with van der Waals surface area (Å²) in [6, 6.07) is 12.3. The Bertz CT molecular complexity index is 1740. The molecule has 0 saturated heterocycles. The predicted octanol–water partition coefficient (Wildman–Crippen LogP) is 3.37. The van der Waals surface area contributed by atoms with Crippen molar-refractivity contribution in [3.63, 3.8) is 0 Å². The first-order valence-electron chi connectivity index (χ1n) is 11.5. The number of hydrogen-bond donors (Lipinski definition) is 2. The van der Waals surface area contributed by atoms with Gasteiger partial charge in [0.1, 0.15) is 17.2 Å². The number of ether oxygens (including phenoxy) is 1. The van der Waals surface area contributed by atoms with Gasteiger partial charge in [0.2, 0.25) is 5.95 Å². The lowest BCUT2D eigenvalue weighted by Gasteiger charge is -2.35. The third-order valence-electron chi connectivity index (χ3n) is 6.49. The van der Waals surface area contributed by atoms with Crippen LogP contribution in [0.2, 0.25) is 5.02 Å². The van der Waals surface area contributed by atoms with E-state index in [1.54, 1.807) is 12.3 Å². The third-order valence-corrected chi connectivity index (χ3v) is 6.78. The Hall–Kier alpha value is -4.38. The number of likely N-dealkylation sites (N-methyl/N-ethyl adjacent to an activating group) is 2. The fourth-order valence-corrected chi connectivity index (χ4v) is 4.90. The number of fused-ring (bicyclic) bond motifs is 4. The van der Waals surface area contributed by atoms with Crippen molar-refractivity contribution >= 4 is 51.0 Å². The number of nitrogens with two attached hydrogens (primary N) is 1. The third kappa shape index (κ3) is 3.70. The molecule has 4 heterocycles. The van der Waals surface area contributed by atoms with Crippen LogP contribution in [-0.2, 0) is 0 Å². The molecule has 0 amide bonds. The lowest BCUT2D eigenvalue weighted by Crippen LogP contribution is -2.44. The van der Waals surface area contributed by atoms with Crippen LogP contribution in [0.15, 0.2) is 53.5 Å². The van der Waals surface area contributed by atoms with Gasteiger partial charge in [0.05, 0.1) is 40.4 Å². The molecule has 5 aromatic rings. The number of rotatable bonds is 4. The van der Waals surface area contributed by atoms with Crippen LogP contribution >= 0.6 is 11.6 Å². The standard InChI is InChI=1S/C25H22ClFN8O2/c1-33-11-13(37-18-9-4-3-7-16(18)33)12-34(2)25-29-10-14-21-19(22(28)32-31-21)24(36)35(23(14)30-25)17-8-5-6-15(26)20(17)27/h3-10,13H,11-12H2,1-2H3,(H3,28,31,32)/t13-/m1/s1. The monoisotopic (exact) mass is 520 g/mol. The maximum absolute atomic E-state index is 15.1. The van der Waals surface area contributed by atoms with Crippen molar-refractivity contribution < 1.29 is 9.13 Å². The Labute approximate surface area is 215 Å². The van der Waals surface area contributed by atoms with Crippen molar-refractivity contribution in [2.75, 3.05) is 42.7 Å². The van der Waals surface area contributed by atoms with Gasteiger partial charge in [0.25, 0.3) is 5.56 Å². The molecular weight excluding hydrogens is 499 g/mol. The molecule has 0 aliphatic carbocycles. The molecule has 0 radical (unpaired) electrons. The Kier molecular flexibility index (Phi) is 5.37. The molecule has 3 N–H and O–H groups in total. The van der Waals surface area contributed by atoms with Crippen LogP contribution in [0.1, 0.15) is 0 Å². The van der Waals surface area contributed by atoms with Crippen molar-refractivity contribution in [1.82, 2.24) is 24.7 Å². The molecule has 3 aromatic heterocycles. The summed E-state index contributed by atoms with van der Waals surface area (Å²) in [4.78, 5) is 26.7. The molecule has 1 atom stereocenters. The quantitative estimate of drug-likeness (QED) is 0.370. The Morgan fingerprint density at radius 2 is 2.03 bits per heavy atom. The minimum atomic E-state index is -0.750. The van der Waals surface area contributed by atoms with Crippen molar-refractivity contribution in [3.8, 4) is 11.4 Å². The second-order valence-corrected chi connectivity index (χ2v) is 9.36. The zero-order chi connectivity index (χ0) is 25.8. The molecule has 12 heteroatoms. The number of H-pyrrole nitrogens is 1. The van der Waals surface area contributed by atoms with E-state index in [1.807, 2.05) is 43.3 Å². The first-order chi connectivity index (χ1) is 17.8. The van der Waals surface area contributed by atoms with Crippen LogP contribution < -0.4 is 25.8 Å². The number of aromatic nitrogens is 5. The van der Waals surface area contributed by atoms with Gasteiger partial charge in [0, 0.05) is 20.3 Å². The van der Waals surface area contributed by atoms with E-state index in [1.165, 1.54) is 12.1 Å². The van der Waals surface area contributed by atoms with Crippen LogP contribution in [0.5, 0.6) is 5.75 Å². The molecule has 0 unspecified atom stereocenters. The normalized spacial score (nSPS) is 15.1. The second-order valence-electron chi connectivity index (χ2n) is 8.95. The van der Waals surface area contributed by atoms with Gasteiger partial charge in [0.15, 0.2) is 17.3 Å². The van der Waals surface area contributed by atoms with E-state index in [0.29, 0.717) is 29.9 Å². The predicted molar refractivity (Wildman–Crippen MR) is 142 cm³/mol. The van der Waals surface area contributed by atoms with Crippen molar-refractivity contribution in [2.24, 2.45) is 0 Å². The van der Waals surface area contributed by atoms with Gasteiger partial charge in [-0.3, -0.25) is 14.5 Å². The number of hydrogen-bond acceptors (Lipinski definition) is 8. The highest BCUT2D eigenvalue weighted by molar-refractivity contribution is 6.30. The number of aromatic amines is 1. The number of benzene rings is 2. The number of pyridine rings is 1. The lowest BCUT2D eigenvalue weighted by molar-refractivity contribution is 0.201. The number of nitrogens with zero attached hydrogens (tertiary/aromatic N) is 6. The summed E-state index contributed by atoms with van der Waals surface area (Å²) in [5.41, 5.74) is 6.93. The largest absolute Gasteiger partial charge is 0.485 e. The molecule has 37 heavy (non-hydrogen) atoms. The number of nitrogens with one attached hydrogen (secondary N) is 1. The molecule has 10 nitrogen and oxygen atoms in total. The minimum Gasteiger partial charge on any atom is -0.485 e. The highest BCUT2D eigenvalue weighted by Crippen LogP contribution is 2.32. The SMILES string of the molecule is CN(C[C@H]1CN(C)c2ccccc2O1)c1ncc2c3[nH]nc(N)c3c(=O)n(-c3cccc(Cl)c3F)c2n1. The molecule has 1 aliphatic rings. The Morgan fingerprint density at radius 3 is 2.86 bits per heavy atom. The Balaban J connectivity index is 1.46. The number of anilines is 3. The van der Waals surface area contributed by atoms with E-state index in [2.05, 4.69) is 25.1 Å². The number of nitrogen functional groups attached to an aromatic ring is 1. The minimum absolute atomic E-state index is 0.00173. The molecule has 0 bridgehead atoms. The highest BCUT2D eigenvalue weighted by atomic mass is 35.5. The first kappa shape index (κ1) is 23.0. The average molecular weight is 521 g/mol. The van der Waals surface area contributed by atoms with E-state index in [0.717, 1.165) is 16.0 Å². The molecule has 0 spiro atoms. The van der Waals surface area contributed by atoms with E-state index < -0.39 is 11.4 Å². The molecule has 0 saturated carbocycles.